The number of carbonyl (C=O) groups is 1. The molecule has 1 aromatic heterocycles. The van der Waals surface area contributed by atoms with E-state index in [0.717, 1.165) is 22.0 Å². The van der Waals surface area contributed by atoms with Crippen LogP contribution in [0.25, 0.3) is 0 Å². The number of anilines is 3. The molecule has 0 radical (unpaired) electrons. The highest BCUT2D eigenvalue weighted by molar-refractivity contribution is 8.00. The normalized spacial score (nSPS) is 10.1. The Kier molecular flexibility index (Phi) is 7.43. The van der Waals surface area contributed by atoms with Crippen molar-refractivity contribution in [3.05, 3.63) is 73.1 Å². The molecule has 1 amide bonds. The second-order valence-electron chi connectivity index (χ2n) is 5.88. The SMILES string of the molecule is COc1ccccc1NC(=S)Nc1cccc(SCC(=O)Nc2ccncc2)c1. The molecule has 0 aliphatic carbocycles. The molecule has 0 spiro atoms. The van der Waals surface area contributed by atoms with Crippen molar-refractivity contribution in [2.45, 2.75) is 4.90 Å². The Hall–Kier alpha value is -3.10. The highest BCUT2D eigenvalue weighted by Crippen LogP contribution is 2.24. The molecule has 3 N–H and O–H groups in total. The lowest BCUT2D eigenvalue weighted by molar-refractivity contribution is -0.113. The van der Waals surface area contributed by atoms with Gasteiger partial charge in [-0.2, -0.15) is 0 Å². The van der Waals surface area contributed by atoms with Gasteiger partial charge in [0.1, 0.15) is 5.75 Å². The lowest BCUT2D eigenvalue weighted by Gasteiger charge is -2.13. The van der Waals surface area contributed by atoms with E-state index in [-0.39, 0.29) is 5.91 Å². The van der Waals surface area contributed by atoms with Crippen LogP contribution in [0.3, 0.4) is 0 Å². The summed E-state index contributed by atoms with van der Waals surface area (Å²) in [6, 6.07) is 18.8. The lowest BCUT2D eigenvalue weighted by atomic mass is 10.3. The second kappa shape index (κ2) is 10.4. The first-order valence-corrected chi connectivity index (χ1v) is 10.2. The molecule has 148 valence electrons. The molecule has 8 heteroatoms. The van der Waals surface area contributed by atoms with E-state index < -0.39 is 0 Å². The van der Waals surface area contributed by atoms with Gasteiger partial charge in [0.15, 0.2) is 5.11 Å². The van der Waals surface area contributed by atoms with Gasteiger partial charge >= 0.3 is 0 Å². The molecular weight excluding hydrogens is 404 g/mol. The zero-order chi connectivity index (χ0) is 20.5. The second-order valence-corrected chi connectivity index (χ2v) is 7.34. The summed E-state index contributed by atoms with van der Waals surface area (Å²) in [4.78, 5) is 17.0. The summed E-state index contributed by atoms with van der Waals surface area (Å²) in [5.74, 6) is 0.935. The standard InChI is InChI=1S/C21H20N4O2S2/c1-27-19-8-3-2-7-18(19)25-21(28)24-16-5-4-6-17(13-16)29-14-20(26)23-15-9-11-22-12-10-15/h2-13H,14H2,1H3,(H,22,23,26)(H2,24,25,28). The van der Waals surface area contributed by atoms with E-state index in [1.54, 1.807) is 31.6 Å². The molecule has 0 saturated heterocycles. The zero-order valence-electron chi connectivity index (χ0n) is 15.7. The van der Waals surface area contributed by atoms with Crippen LogP contribution >= 0.6 is 24.0 Å². The van der Waals surface area contributed by atoms with Crippen LogP contribution in [0.1, 0.15) is 0 Å². The number of nitrogens with zero attached hydrogens (tertiary/aromatic N) is 1. The monoisotopic (exact) mass is 424 g/mol. The number of nitrogens with one attached hydrogen (secondary N) is 3. The molecule has 0 aliphatic heterocycles. The van der Waals surface area contributed by atoms with Crippen molar-refractivity contribution in [2.24, 2.45) is 0 Å². The fourth-order valence-electron chi connectivity index (χ4n) is 2.48. The van der Waals surface area contributed by atoms with Gasteiger partial charge in [0.2, 0.25) is 5.91 Å². The van der Waals surface area contributed by atoms with Crippen LogP contribution < -0.4 is 20.7 Å². The van der Waals surface area contributed by atoms with Crippen molar-refractivity contribution in [3.63, 3.8) is 0 Å². The Bertz CT molecular complexity index is 983. The van der Waals surface area contributed by atoms with Crippen molar-refractivity contribution in [1.29, 1.82) is 0 Å². The fourth-order valence-corrected chi connectivity index (χ4v) is 3.46. The Morgan fingerprint density at radius 3 is 2.59 bits per heavy atom. The van der Waals surface area contributed by atoms with Crippen molar-refractivity contribution in [2.75, 3.05) is 28.8 Å². The van der Waals surface area contributed by atoms with Gasteiger partial charge < -0.3 is 20.7 Å². The number of amides is 1. The molecule has 0 unspecified atom stereocenters. The van der Waals surface area contributed by atoms with Gasteiger partial charge in [0.25, 0.3) is 0 Å². The number of benzene rings is 2. The zero-order valence-corrected chi connectivity index (χ0v) is 17.3. The van der Waals surface area contributed by atoms with Crippen LogP contribution in [0.5, 0.6) is 5.75 Å². The number of ether oxygens (including phenoxy) is 1. The third kappa shape index (κ3) is 6.48. The van der Waals surface area contributed by atoms with Crippen LogP contribution in [0.2, 0.25) is 0 Å². The largest absolute Gasteiger partial charge is 0.495 e. The van der Waals surface area contributed by atoms with Crippen molar-refractivity contribution < 1.29 is 9.53 Å². The number of thioether (sulfide) groups is 1. The molecule has 0 bridgehead atoms. The number of hydrogen-bond donors (Lipinski definition) is 3. The topological polar surface area (TPSA) is 75.3 Å². The van der Waals surface area contributed by atoms with E-state index in [0.29, 0.717) is 16.6 Å². The number of thiocarbonyl (C=S) groups is 1. The average molecular weight is 425 g/mol. The summed E-state index contributed by atoms with van der Waals surface area (Å²) < 4.78 is 5.32. The van der Waals surface area contributed by atoms with Crippen molar-refractivity contribution >= 4 is 52.1 Å². The summed E-state index contributed by atoms with van der Waals surface area (Å²) >= 11 is 6.84. The van der Waals surface area contributed by atoms with Gasteiger partial charge in [-0.3, -0.25) is 9.78 Å². The van der Waals surface area contributed by atoms with Crippen molar-refractivity contribution in [1.82, 2.24) is 4.98 Å². The molecule has 3 aromatic rings. The van der Waals surface area contributed by atoms with Crippen LogP contribution in [-0.2, 0) is 4.79 Å². The van der Waals surface area contributed by atoms with E-state index in [4.69, 9.17) is 17.0 Å². The average Bonchev–Trinajstić information content (AvgIpc) is 2.73. The minimum absolute atomic E-state index is 0.0760. The van der Waals surface area contributed by atoms with E-state index in [9.17, 15) is 4.79 Å². The first kappa shape index (κ1) is 20.6. The van der Waals surface area contributed by atoms with Crippen LogP contribution in [-0.4, -0.2) is 28.9 Å². The van der Waals surface area contributed by atoms with E-state index in [1.165, 1.54) is 11.8 Å². The summed E-state index contributed by atoms with van der Waals surface area (Å²) in [5, 5.41) is 9.57. The van der Waals surface area contributed by atoms with E-state index in [1.807, 2.05) is 48.5 Å². The predicted molar refractivity (Wildman–Crippen MR) is 123 cm³/mol. The molecule has 29 heavy (non-hydrogen) atoms. The van der Waals surface area contributed by atoms with Gasteiger partial charge in [-0.25, -0.2) is 0 Å². The van der Waals surface area contributed by atoms with E-state index >= 15 is 0 Å². The molecule has 6 nitrogen and oxygen atoms in total. The summed E-state index contributed by atoms with van der Waals surface area (Å²) in [6.45, 7) is 0. The van der Waals surface area contributed by atoms with Crippen LogP contribution in [0, 0.1) is 0 Å². The Morgan fingerprint density at radius 2 is 1.79 bits per heavy atom. The number of rotatable bonds is 7. The first-order chi connectivity index (χ1) is 14.1. The van der Waals surface area contributed by atoms with Crippen molar-refractivity contribution in [3.8, 4) is 5.75 Å². The number of aromatic nitrogens is 1. The minimum Gasteiger partial charge on any atom is -0.495 e. The quantitative estimate of drug-likeness (QED) is 0.377. The van der Waals surface area contributed by atoms with Gasteiger partial charge in [0, 0.05) is 28.7 Å². The molecule has 0 atom stereocenters. The maximum absolute atomic E-state index is 12.1. The summed E-state index contributed by atoms with van der Waals surface area (Å²) in [5.41, 5.74) is 2.34. The fraction of sp³-hybridized carbons (Fsp3) is 0.0952. The predicted octanol–water partition coefficient (Wildman–Crippen LogP) is 4.63. The maximum atomic E-state index is 12.1. The van der Waals surface area contributed by atoms with Gasteiger partial charge in [-0.05, 0) is 54.7 Å². The molecule has 0 fully saturated rings. The summed E-state index contributed by atoms with van der Waals surface area (Å²) in [6.07, 6.45) is 3.28. The lowest BCUT2D eigenvalue weighted by Crippen LogP contribution is -2.19. The van der Waals surface area contributed by atoms with Crippen LogP contribution in [0.15, 0.2) is 78.0 Å². The number of para-hydroxylation sites is 2. The highest BCUT2D eigenvalue weighted by atomic mass is 32.2. The number of pyridine rings is 1. The first-order valence-electron chi connectivity index (χ1n) is 8.78. The molecule has 0 aliphatic rings. The molecular formula is C21H20N4O2S2. The van der Waals surface area contributed by atoms with Gasteiger partial charge in [0.05, 0.1) is 18.6 Å². The van der Waals surface area contributed by atoms with Gasteiger partial charge in [-0.1, -0.05) is 18.2 Å². The molecule has 2 aromatic carbocycles. The Balaban J connectivity index is 1.53. The highest BCUT2D eigenvalue weighted by Gasteiger charge is 2.07. The van der Waals surface area contributed by atoms with Gasteiger partial charge in [-0.15, -0.1) is 11.8 Å². The number of carbonyl (C=O) groups excluding carboxylic acids is 1. The Labute approximate surface area is 179 Å². The Morgan fingerprint density at radius 1 is 1.00 bits per heavy atom. The van der Waals surface area contributed by atoms with E-state index in [2.05, 4.69) is 20.9 Å². The minimum atomic E-state index is -0.0760. The smallest absolute Gasteiger partial charge is 0.234 e. The molecule has 3 rings (SSSR count). The molecule has 0 saturated carbocycles. The number of methoxy groups -OCH3 is 1. The maximum Gasteiger partial charge on any atom is 0.234 e. The third-order valence-electron chi connectivity index (χ3n) is 3.78. The molecule has 1 heterocycles. The van der Waals surface area contributed by atoms with Crippen LogP contribution in [0.4, 0.5) is 17.1 Å². The third-order valence-corrected chi connectivity index (χ3v) is 4.98. The summed E-state index contributed by atoms with van der Waals surface area (Å²) in [7, 11) is 1.61. The number of hydrogen-bond acceptors (Lipinski definition) is 5.